The van der Waals surface area contributed by atoms with Crippen molar-refractivity contribution in [1.82, 2.24) is 4.90 Å². The highest BCUT2D eigenvalue weighted by Gasteiger charge is 2.58. The number of thiol groups is 2. The summed E-state index contributed by atoms with van der Waals surface area (Å²) < 4.78 is 0.0552. The first kappa shape index (κ1) is 11.2. The van der Waals surface area contributed by atoms with Gasteiger partial charge < -0.3 is 0 Å². The molecule has 1 saturated carbocycles. The third-order valence-electron chi connectivity index (χ3n) is 3.73. The molecule has 1 aliphatic carbocycles. The van der Waals surface area contributed by atoms with E-state index in [1.54, 1.807) is 0 Å². The molecule has 1 heterocycles. The van der Waals surface area contributed by atoms with Gasteiger partial charge in [-0.3, -0.25) is 4.90 Å². The molecule has 0 aromatic heterocycles. The van der Waals surface area contributed by atoms with E-state index in [0.717, 1.165) is 25.9 Å². The maximum atomic E-state index is 6.00. The molecular weight excluding hydrogens is 209 g/mol. The zero-order valence-corrected chi connectivity index (χ0v) is 10.7. The van der Waals surface area contributed by atoms with Gasteiger partial charge in [0.05, 0.1) is 7.85 Å². The lowest BCUT2D eigenvalue weighted by molar-refractivity contribution is 0.260. The molecule has 2 rings (SSSR count). The molecule has 0 amide bonds. The summed E-state index contributed by atoms with van der Waals surface area (Å²) >= 11 is 9.68. The van der Waals surface area contributed by atoms with Crippen LogP contribution in [0.1, 0.15) is 26.7 Å². The quantitative estimate of drug-likeness (QED) is 0.510. The van der Waals surface area contributed by atoms with Crippen molar-refractivity contribution in [3.05, 3.63) is 0 Å². The Morgan fingerprint density at radius 3 is 2.00 bits per heavy atom. The Morgan fingerprint density at radius 2 is 1.64 bits per heavy atom. The molecule has 4 heteroatoms. The number of hydrogen-bond donors (Lipinski definition) is 2. The van der Waals surface area contributed by atoms with Gasteiger partial charge in [0.1, 0.15) is 0 Å². The second-order valence-electron chi connectivity index (χ2n) is 5.23. The van der Waals surface area contributed by atoms with E-state index in [1.807, 2.05) is 0 Å². The minimum absolute atomic E-state index is 0.0276. The highest BCUT2D eigenvalue weighted by atomic mass is 32.1. The third-order valence-corrected chi connectivity index (χ3v) is 5.41. The van der Waals surface area contributed by atoms with Crippen LogP contribution in [0, 0.1) is 0 Å². The van der Waals surface area contributed by atoms with E-state index >= 15 is 0 Å². The van der Waals surface area contributed by atoms with Gasteiger partial charge in [-0.25, -0.2) is 0 Å². The predicted octanol–water partition coefficient (Wildman–Crippen LogP) is 1.80. The number of fused-ring (bicyclic) bond motifs is 1. The predicted molar refractivity (Wildman–Crippen MR) is 68.9 cm³/mol. The highest BCUT2D eigenvalue weighted by Crippen LogP contribution is 2.56. The molecule has 14 heavy (non-hydrogen) atoms. The summed E-state index contributed by atoms with van der Waals surface area (Å²) in [5.74, 6) is 0.291. The van der Waals surface area contributed by atoms with Crippen molar-refractivity contribution < 1.29 is 0 Å². The zero-order valence-electron chi connectivity index (χ0n) is 8.90. The van der Waals surface area contributed by atoms with Gasteiger partial charge >= 0.3 is 0 Å². The van der Waals surface area contributed by atoms with Crippen LogP contribution in [-0.4, -0.2) is 41.4 Å². The second kappa shape index (κ2) is 3.36. The molecule has 1 nitrogen and oxygen atoms in total. The first-order valence-corrected chi connectivity index (χ1v) is 6.20. The fourth-order valence-corrected chi connectivity index (χ4v) is 3.99. The second-order valence-corrected chi connectivity index (χ2v) is 6.94. The summed E-state index contributed by atoms with van der Waals surface area (Å²) in [6, 6.07) is 0.588. The maximum Gasteiger partial charge on any atom is 0.0700 e. The van der Waals surface area contributed by atoms with Crippen molar-refractivity contribution in [3.8, 4) is 0 Å². The van der Waals surface area contributed by atoms with Gasteiger partial charge in [0.2, 0.25) is 0 Å². The molecule has 1 unspecified atom stereocenters. The van der Waals surface area contributed by atoms with Gasteiger partial charge in [-0.05, 0) is 26.7 Å². The van der Waals surface area contributed by atoms with E-state index < -0.39 is 0 Å². The van der Waals surface area contributed by atoms with E-state index in [2.05, 4.69) is 18.7 Å². The van der Waals surface area contributed by atoms with Gasteiger partial charge in [-0.1, -0.05) is 5.82 Å². The van der Waals surface area contributed by atoms with Crippen LogP contribution in [0.4, 0.5) is 0 Å². The Labute approximate surface area is 99.2 Å². The van der Waals surface area contributed by atoms with E-state index in [9.17, 15) is 0 Å². The smallest absolute Gasteiger partial charge is 0.0700 e. The average molecular weight is 227 g/mol. The fourth-order valence-electron chi connectivity index (χ4n) is 2.84. The standard InChI is InChI=1S/C10H18BNS2/c1-7(2)12-5-9(13)3-8(11)4-10(9,14)6-12/h7-8,13-14H,3-6H2,1-2H3/t8?,9-,10+. The normalized spacial score (nSPS) is 48.8. The summed E-state index contributed by atoms with van der Waals surface area (Å²) in [7, 11) is 6.00. The molecule has 0 spiro atoms. The Morgan fingerprint density at radius 1 is 1.21 bits per heavy atom. The number of rotatable bonds is 1. The Kier molecular flexibility index (Phi) is 2.69. The molecule has 3 atom stereocenters. The first-order chi connectivity index (χ1) is 6.36. The molecule has 1 aliphatic heterocycles. The maximum absolute atomic E-state index is 6.00. The molecule has 2 fully saturated rings. The lowest BCUT2D eigenvalue weighted by atomic mass is 9.85. The van der Waals surface area contributed by atoms with E-state index in [0.29, 0.717) is 11.9 Å². The van der Waals surface area contributed by atoms with Crippen molar-refractivity contribution in [2.45, 2.75) is 48.0 Å². The van der Waals surface area contributed by atoms with Crippen LogP contribution >= 0.6 is 25.3 Å². The van der Waals surface area contributed by atoms with Crippen LogP contribution in [0.25, 0.3) is 0 Å². The zero-order chi connectivity index (χ0) is 10.6. The monoisotopic (exact) mass is 227 g/mol. The fraction of sp³-hybridized carbons (Fsp3) is 1.00. The van der Waals surface area contributed by atoms with Crippen LogP contribution in [-0.2, 0) is 0 Å². The Bertz CT molecular complexity index is 228. The number of hydrogen-bond acceptors (Lipinski definition) is 3. The molecular formula is C10H18BNS2. The van der Waals surface area contributed by atoms with Crippen molar-refractivity contribution in [2.75, 3.05) is 13.1 Å². The highest BCUT2D eigenvalue weighted by molar-refractivity contribution is 7.86. The Hall–Kier alpha value is 0.725. The minimum Gasteiger partial charge on any atom is -0.298 e. The molecule has 0 bridgehead atoms. The summed E-state index contributed by atoms with van der Waals surface area (Å²) in [5.41, 5.74) is 0. The van der Waals surface area contributed by atoms with Crippen molar-refractivity contribution in [1.29, 1.82) is 0 Å². The van der Waals surface area contributed by atoms with Gasteiger partial charge in [0.15, 0.2) is 0 Å². The van der Waals surface area contributed by atoms with E-state index in [-0.39, 0.29) is 9.49 Å². The lowest BCUT2D eigenvalue weighted by Gasteiger charge is -2.30. The van der Waals surface area contributed by atoms with Crippen LogP contribution in [0.3, 0.4) is 0 Å². The van der Waals surface area contributed by atoms with Gasteiger partial charge in [0.25, 0.3) is 0 Å². The summed E-state index contributed by atoms with van der Waals surface area (Å²) in [4.78, 5) is 2.46. The Balaban J connectivity index is 2.19. The summed E-state index contributed by atoms with van der Waals surface area (Å²) in [6.07, 6.45) is 2.01. The molecule has 0 aromatic rings. The lowest BCUT2D eigenvalue weighted by Crippen LogP contribution is -2.39. The van der Waals surface area contributed by atoms with Crippen LogP contribution in [0.5, 0.6) is 0 Å². The van der Waals surface area contributed by atoms with Crippen molar-refractivity contribution in [2.24, 2.45) is 0 Å². The van der Waals surface area contributed by atoms with Crippen LogP contribution < -0.4 is 0 Å². The summed E-state index contributed by atoms with van der Waals surface area (Å²) in [5, 5.41) is 0. The van der Waals surface area contributed by atoms with Gasteiger partial charge in [-0.2, -0.15) is 25.3 Å². The molecule has 0 N–H and O–H groups in total. The number of likely N-dealkylation sites (tertiary alicyclic amines) is 1. The molecule has 2 aliphatic rings. The van der Waals surface area contributed by atoms with Gasteiger partial charge in [-0.15, -0.1) is 0 Å². The first-order valence-electron chi connectivity index (χ1n) is 5.31. The average Bonchev–Trinajstić information content (AvgIpc) is 2.33. The molecule has 1 saturated heterocycles. The molecule has 2 radical (unpaired) electrons. The summed E-state index contributed by atoms with van der Waals surface area (Å²) in [6.45, 7) is 6.53. The van der Waals surface area contributed by atoms with Crippen LogP contribution in [0.2, 0.25) is 5.82 Å². The van der Waals surface area contributed by atoms with E-state index in [1.165, 1.54) is 0 Å². The third kappa shape index (κ3) is 1.54. The van der Waals surface area contributed by atoms with Crippen molar-refractivity contribution in [3.63, 3.8) is 0 Å². The van der Waals surface area contributed by atoms with E-state index in [4.69, 9.17) is 33.1 Å². The SMILES string of the molecule is [B]C1C[C@@]2(S)CN(C(C)C)C[C@@]2(S)C1. The minimum atomic E-state index is 0.0276. The van der Waals surface area contributed by atoms with Crippen molar-refractivity contribution >= 4 is 33.1 Å². The van der Waals surface area contributed by atoms with Crippen LogP contribution in [0.15, 0.2) is 0 Å². The topological polar surface area (TPSA) is 3.24 Å². The largest absolute Gasteiger partial charge is 0.298 e. The number of nitrogens with zero attached hydrogens (tertiary/aromatic N) is 1. The molecule has 0 aromatic carbocycles. The molecule has 78 valence electrons. The van der Waals surface area contributed by atoms with Gasteiger partial charge in [0, 0.05) is 28.6 Å².